The van der Waals surface area contributed by atoms with Crippen molar-refractivity contribution >= 4 is 11.9 Å². The van der Waals surface area contributed by atoms with Gasteiger partial charge in [0.25, 0.3) is 0 Å². The summed E-state index contributed by atoms with van der Waals surface area (Å²) in [6.07, 6.45) is 1.27. The van der Waals surface area contributed by atoms with Gasteiger partial charge in [-0.05, 0) is 0 Å². The number of carbonyl (C=O) groups is 2. The summed E-state index contributed by atoms with van der Waals surface area (Å²) in [7, 11) is 0. The highest BCUT2D eigenvalue weighted by Gasteiger charge is 1.98. The fourth-order valence-corrected chi connectivity index (χ4v) is 0.340. The molecule has 0 aromatic heterocycles. The lowest BCUT2D eigenvalue weighted by atomic mass is 10.5. The van der Waals surface area contributed by atoms with Gasteiger partial charge in [-0.1, -0.05) is 0 Å². The Morgan fingerprint density at radius 1 is 1.00 bits per heavy atom. The number of alkyl halides is 2. The zero-order chi connectivity index (χ0) is 9.40. The summed E-state index contributed by atoms with van der Waals surface area (Å²) in [5.74, 6) is -2.07. The van der Waals surface area contributed by atoms with E-state index in [-0.39, 0.29) is 0 Å². The summed E-state index contributed by atoms with van der Waals surface area (Å²) in [5.41, 5.74) is 0. The summed E-state index contributed by atoms with van der Waals surface area (Å²) >= 11 is 0. The summed E-state index contributed by atoms with van der Waals surface area (Å²) in [6.45, 7) is -2.55. The normalized spacial score (nSPS) is 9.83. The van der Waals surface area contributed by atoms with Gasteiger partial charge < -0.3 is 9.47 Å². The van der Waals surface area contributed by atoms with Gasteiger partial charge in [0.15, 0.2) is 0 Å². The zero-order valence-electron chi connectivity index (χ0n) is 5.96. The molecule has 68 valence electrons. The van der Waals surface area contributed by atoms with Crippen molar-refractivity contribution in [2.24, 2.45) is 0 Å². The summed E-state index contributed by atoms with van der Waals surface area (Å²) in [5, 5.41) is 0. The van der Waals surface area contributed by atoms with Crippen LogP contribution in [0.15, 0.2) is 12.2 Å². The fourth-order valence-electron chi connectivity index (χ4n) is 0.340. The number of carbonyl (C=O) groups excluding carboxylic acids is 2. The van der Waals surface area contributed by atoms with Crippen LogP contribution >= 0.6 is 0 Å². The van der Waals surface area contributed by atoms with Crippen molar-refractivity contribution in [3.05, 3.63) is 12.2 Å². The van der Waals surface area contributed by atoms with E-state index in [9.17, 15) is 18.4 Å². The van der Waals surface area contributed by atoms with Gasteiger partial charge in [-0.15, -0.1) is 0 Å². The molecule has 0 heterocycles. The van der Waals surface area contributed by atoms with Crippen molar-refractivity contribution in [2.45, 2.75) is 0 Å². The van der Waals surface area contributed by atoms with E-state index in [1.54, 1.807) is 0 Å². The van der Waals surface area contributed by atoms with Gasteiger partial charge in [0.2, 0.25) is 13.7 Å². The maximum Gasteiger partial charge on any atom is 0.333 e. The SMILES string of the molecule is O=C(/C=C\C(=O)OCF)OCF. The molecule has 0 rings (SSSR count). The second-order valence-corrected chi connectivity index (χ2v) is 1.48. The van der Waals surface area contributed by atoms with Crippen molar-refractivity contribution in [3.8, 4) is 0 Å². The average molecular weight is 180 g/mol. The van der Waals surface area contributed by atoms with Crippen LogP contribution in [0, 0.1) is 0 Å². The summed E-state index contributed by atoms with van der Waals surface area (Å²) in [6, 6.07) is 0. The van der Waals surface area contributed by atoms with Gasteiger partial charge in [0.1, 0.15) is 0 Å². The van der Waals surface area contributed by atoms with Gasteiger partial charge in [0.05, 0.1) is 0 Å². The van der Waals surface area contributed by atoms with E-state index in [0.717, 1.165) is 0 Å². The number of hydrogen-bond donors (Lipinski definition) is 0. The lowest BCUT2D eigenvalue weighted by Gasteiger charge is -1.93. The first kappa shape index (κ1) is 10.5. The Labute approximate surface area is 66.8 Å². The first-order valence-corrected chi connectivity index (χ1v) is 2.84. The van der Waals surface area contributed by atoms with Gasteiger partial charge in [-0.25, -0.2) is 18.4 Å². The number of halogens is 2. The number of rotatable bonds is 4. The molecular weight excluding hydrogens is 174 g/mol. The lowest BCUT2D eigenvalue weighted by molar-refractivity contribution is -0.144. The van der Waals surface area contributed by atoms with E-state index in [2.05, 4.69) is 9.47 Å². The monoisotopic (exact) mass is 180 g/mol. The topological polar surface area (TPSA) is 52.6 Å². The number of ether oxygens (including phenoxy) is 2. The highest BCUT2D eigenvalue weighted by Crippen LogP contribution is 1.85. The second-order valence-electron chi connectivity index (χ2n) is 1.48. The summed E-state index contributed by atoms with van der Waals surface area (Å²) in [4.78, 5) is 20.6. The Balaban J connectivity index is 3.73. The molecule has 0 unspecified atom stereocenters. The molecule has 0 N–H and O–H groups in total. The van der Waals surface area contributed by atoms with Gasteiger partial charge in [0, 0.05) is 12.2 Å². The van der Waals surface area contributed by atoms with Crippen molar-refractivity contribution in [1.29, 1.82) is 0 Å². The molecule has 4 nitrogen and oxygen atoms in total. The molecule has 12 heavy (non-hydrogen) atoms. The van der Waals surface area contributed by atoms with Crippen LogP contribution in [0.4, 0.5) is 8.78 Å². The van der Waals surface area contributed by atoms with Gasteiger partial charge >= 0.3 is 11.9 Å². The van der Waals surface area contributed by atoms with E-state index in [4.69, 9.17) is 0 Å². The first-order chi connectivity index (χ1) is 5.70. The second kappa shape index (κ2) is 6.26. The van der Waals surface area contributed by atoms with Crippen molar-refractivity contribution in [1.82, 2.24) is 0 Å². The third-order valence-corrected chi connectivity index (χ3v) is 0.749. The smallest absolute Gasteiger partial charge is 0.333 e. The number of hydrogen-bond acceptors (Lipinski definition) is 4. The minimum atomic E-state index is -1.28. The minimum Gasteiger partial charge on any atom is -0.431 e. The molecule has 0 amide bonds. The Morgan fingerprint density at radius 3 is 1.58 bits per heavy atom. The van der Waals surface area contributed by atoms with Gasteiger partial charge in [-0.2, -0.15) is 0 Å². The Morgan fingerprint density at radius 2 is 1.33 bits per heavy atom. The first-order valence-electron chi connectivity index (χ1n) is 2.84. The Hall–Kier alpha value is -1.46. The van der Waals surface area contributed by atoms with Crippen LogP contribution in [-0.2, 0) is 19.1 Å². The molecule has 0 atom stereocenters. The maximum atomic E-state index is 11.3. The van der Waals surface area contributed by atoms with Crippen LogP contribution in [0.3, 0.4) is 0 Å². The van der Waals surface area contributed by atoms with Gasteiger partial charge in [-0.3, -0.25) is 0 Å². The molecule has 6 heteroatoms. The standard InChI is InChI=1S/C6H6F2O4/c7-3-11-5(9)1-2-6(10)12-4-8/h1-2H,3-4H2/b2-1-. The third-order valence-electron chi connectivity index (χ3n) is 0.749. The Kier molecular flexibility index (Phi) is 5.50. The van der Waals surface area contributed by atoms with Crippen LogP contribution in [0.25, 0.3) is 0 Å². The molecule has 0 radical (unpaired) electrons. The lowest BCUT2D eigenvalue weighted by Crippen LogP contribution is -2.02. The predicted molar refractivity (Wildman–Crippen MR) is 33.3 cm³/mol. The van der Waals surface area contributed by atoms with Crippen molar-refractivity contribution in [3.63, 3.8) is 0 Å². The molecule has 0 aromatic rings. The van der Waals surface area contributed by atoms with Crippen LogP contribution in [-0.4, -0.2) is 25.7 Å². The van der Waals surface area contributed by atoms with Crippen LogP contribution < -0.4 is 0 Å². The summed E-state index contributed by atoms with van der Waals surface area (Å²) < 4.78 is 30.1. The highest BCUT2D eigenvalue weighted by molar-refractivity contribution is 5.91. The fraction of sp³-hybridized carbons (Fsp3) is 0.333. The van der Waals surface area contributed by atoms with E-state index in [1.807, 2.05) is 0 Å². The highest BCUT2D eigenvalue weighted by atomic mass is 19.1. The third kappa shape index (κ3) is 5.33. The van der Waals surface area contributed by atoms with E-state index >= 15 is 0 Å². The quantitative estimate of drug-likeness (QED) is 0.466. The number of esters is 2. The van der Waals surface area contributed by atoms with Crippen LogP contribution in [0.1, 0.15) is 0 Å². The van der Waals surface area contributed by atoms with Crippen LogP contribution in [0.2, 0.25) is 0 Å². The molecular formula is C6H6F2O4. The minimum absolute atomic E-state index is 0.636. The predicted octanol–water partition coefficient (Wildman–Crippen LogP) is 0.483. The van der Waals surface area contributed by atoms with Crippen molar-refractivity contribution < 1.29 is 27.8 Å². The molecule has 0 saturated carbocycles. The largest absolute Gasteiger partial charge is 0.431 e. The molecule has 0 aliphatic carbocycles. The molecule has 0 aliphatic heterocycles. The molecule has 0 aliphatic rings. The van der Waals surface area contributed by atoms with E-state index < -0.39 is 25.7 Å². The zero-order valence-corrected chi connectivity index (χ0v) is 5.96. The molecule has 0 spiro atoms. The maximum absolute atomic E-state index is 11.3. The Bertz CT molecular complexity index is 170. The van der Waals surface area contributed by atoms with E-state index in [1.165, 1.54) is 0 Å². The average Bonchev–Trinajstić information content (AvgIpc) is 2.02. The van der Waals surface area contributed by atoms with E-state index in [0.29, 0.717) is 12.2 Å². The molecule has 0 saturated heterocycles. The molecule has 0 bridgehead atoms. The van der Waals surface area contributed by atoms with Crippen LogP contribution in [0.5, 0.6) is 0 Å². The molecule has 0 aromatic carbocycles. The molecule has 0 fully saturated rings. The van der Waals surface area contributed by atoms with Crippen molar-refractivity contribution in [2.75, 3.05) is 13.7 Å².